The maximum atomic E-state index is 13.6. The van der Waals surface area contributed by atoms with Crippen molar-refractivity contribution in [2.24, 2.45) is 0 Å². The van der Waals surface area contributed by atoms with E-state index in [4.69, 9.17) is 32.7 Å². The van der Waals surface area contributed by atoms with Crippen molar-refractivity contribution in [1.29, 1.82) is 0 Å². The summed E-state index contributed by atoms with van der Waals surface area (Å²) in [5.74, 6) is 0.193. The van der Waals surface area contributed by atoms with Gasteiger partial charge in [-0.1, -0.05) is 47.0 Å². The first-order chi connectivity index (χ1) is 16.1. The Balaban J connectivity index is 1.95. The van der Waals surface area contributed by atoms with E-state index < -0.39 is 22.5 Å². The number of nitrogens with zero attached hydrogens (tertiary/aromatic N) is 1. The smallest absolute Gasteiger partial charge is 0.264 e. The number of ether oxygens (including phenoxy) is 2. The Labute approximate surface area is 209 Å². The van der Waals surface area contributed by atoms with Gasteiger partial charge in [-0.3, -0.25) is 9.10 Å². The molecule has 3 aromatic carbocycles. The lowest BCUT2D eigenvalue weighted by atomic mass is 10.2. The Bertz CT molecular complexity index is 1280. The maximum absolute atomic E-state index is 13.6. The molecule has 0 aromatic heterocycles. The second-order valence-corrected chi connectivity index (χ2v) is 10.1. The molecule has 10 heteroatoms. The van der Waals surface area contributed by atoms with E-state index in [0.29, 0.717) is 21.4 Å². The predicted octanol–water partition coefficient (Wildman–Crippen LogP) is 4.83. The fourth-order valence-corrected chi connectivity index (χ4v) is 5.08. The molecule has 0 radical (unpaired) electrons. The Morgan fingerprint density at radius 3 is 2.29 bits per heavy atom. The third kappa shape index (κ3) is 5.94. The fourth-order valence-electron chi connectivity index (χ4n) is 3.17. The van der Waals surface area contributed by atoms with Crippen molar-refractivity contribution in [3.05, 3.63) is 81.8 Å². The molecular formula is C24H24Cl2N2O5S. The first-order valence-corrected chi connectivity index (χ1v) is 12.4. The highest BCUT2D eigenvalue weighted by Gasteiger charge is 2.29. The van der Waals surface area contributed by atoms with Crippen LogP contribution in [0.1, 0.15) is 11.1 Å². The van der Waals surface area contributed by atoms with Crippen molar-refractivity contribution in [1.82, 2.24) is 5.32 Å². The van der Waals surface area contributed by atoms with Crippen LogP contribution in [0.5, 0.6) is 11.5 Å². The largest absolute Gasteiger partial charge is 0.497 e. The highest BCUT2D eigenvalue weighted by molar-refractivity contribution is 7.92. The van der Waals surface area contributed by atoms with E-state index in [1.807, 2.05) is 6.92 Å². The first-order valence-electron chi connectivity index (χ1n) is 10.2. The van der Waals surface area contributed by atoms with Crippen LogP contribution in [0.2, 0.25) is 10.0 Å². The van der Waals surface area contributed by atoms with Crippen molar-refractivity contribution >= 4 is 44.8 Å². The van der Waals surface area contributed by atoms with Gasteiger partial charge in [-0.25, -0.2) is 8.42 Å². The summed E-state index contributed by atoms with van der Waals surface area (Å²) in [6.45, 7) is 1.48. The molecule has 1 amide bonds. The average Bonchev–Trinajstić information content (AvgIpc) is 2.81. The minimum Gasteiger partial charge on any atom is -0.497 e. The number of hydrogen-bond acceptors (Lipinski definition) is 5. The molecule has 34 heavy (non-hydrogen) atoms. The molecule has 7 nitrogen and oxygen atoms in total. The quantitative estimate of drug-likeness (QED) is 0.434. The minimum atomic E-state index is -4.11. The van der Waals surface area contributed by atoms with Gasteiger partial charge >= 0.3 is 0 Å². The number of anilines is 1. The lowest BCUT2D eigenvalue weighted by Crippen LogP contribution is -2.40. The van der Waals surface area contributed by atoms with Gasteiger partial charge in [0.25, 0.3) is 10.0 Å². The van der Waals surface area contributed by atoms with Crippen LogP contribution in [0.4, 0.5) is 5.69 Å². The number of halogens is 2. The number of aryl methyl sites for hydroxylation is 1. The Kier molecular flexibility index (Phi) is 8.30. The third-order valence-corrected chi connectivity index (χ3v) is 7.40. The van der Waals surface area contributed by atoms with Crippen LogP contribution in [-0.2, 0) is 21.4 Å². The van der Waals surface area contributed by atoms with Gasteiger partial charge in [0.15, 0.2) is 0 Å². The standard InChI is InChI=1S/C24H24Cl2N2O5S/c1-16-4-9-20(10-5-16)34(30,31)28(22-11-8-19(32-2)13-23(22)33-3)15-24(29)27-14-17-6-7-18(25)12-21(17)26/h4-13H,14-15H2,1-3H3,(H,27,29). The number of benzene rings is 3. The van der Waals surface area contributed by atoms with Gasteiger partial charge in [0.1, 0.15) is 18.0 Å². The topological polar surface area (TPSA) is 84.9 Å². The first kappa shape index (κ1) is 25.7. The molecule has 0 bridgehead atoms. The summed E-state index contributed by atoms with van der Waals surface area (Å²) in [7, 11) is -1.20. The van der Waals surface area contributed by atoms with Crippen LogP contribution < -0.4 is 19.1 Å². The Morgan fingerprint density at radius 1 is 0.971 bits per heavy atom. The van der Waals surface area contributed by atoms with Crippen LogP contribution in [0.3, 0.4) is 0 Å². The molecule has 3 rings (SSSR count). The highest BCUT2D eigenvalue weighted by atomic mass is 35.5. The molecule has 0 aliphatic heterocycles. The van der Waals surface area contributed by atoms with Crippen molar-refractivity contribution in [3.63, 3.8) is 0 Å². The molecule has 0 heterocycles. The van der Waals surface area contributed by atoms with Gasteiger partial charge in [0, 0.05) is 22.7 Å². The van der Waals surface area contributed by atoms with E-state index in [2.05, 4.69) is 5.32 Å². The lowest BCUT2D eigenvalue weighted by Gasteiger charge is -2.26. The van der Waals surface area contributed by atoms with Gasteiger partial charge in [-0.05, 0) is 48.9 Å². The number of amides is 1. The molecule has 0 spiro atoms. The summed E-state index contributed by atoms with van der Waals surface area (Å²) in [6, 6.07) is 16.0. The number of hydrogen-bond donors (Lipinski definition) is 1. The normalized spacial score (nSPS) is 11.1. The number of methoxy groups -OCH3 is 2. The van der Waals surface area contributed by atoms with Gasteiger partial charge in [0.05, 0.1) is 24.8 Å². The number of rotatable bonds is 9. The average molecular weight is 523 g/mol. The lowest BCUT2D eigenvalue weighted by molar-refractivity contribution is -0.119. The van der Waals surface area contributed by atoms with Gasteiger partial charge in [0.2, 0.25) is 5.91 Å². The molecule has 1 N–H and O–H groups in total. The van der Waals surface area contributed by atoms with E-state index >= 15 is 0 Å². The summed E-state index contributed by atoms with van der Waals surface area (Å²) >= 11 is 12.1. The summed E-state index contributed by atoms with van der Waals surface area (Å²) < 4.78 is 38.8. The van der Waals surface area contributed by atoms with E-state index in [0.717, 1.165) is 9.87 Å². The van der Waals surface area contributed by atoms with Crippen molar-refractivity contribution in [2.75, 3.05) is 25.1 Å². The SMILES string of the molecule is COc1ccc(N(CC(=O)NCc2ccc(Cl)cc2Cl)S(=O)(=O)c2ccc(C)cc2)c(OC)c1. The van der Waals surface area contributed by atoms with Crippen molar-refractivity contribution in [2.45, 2.75) is 18.4 Å². The zero-order valence-electron chi connectivity index (χ0n) is 18.8. The number of carbonyl (C=O) groups excluding carboxylic acids is 1. The van der Waals surface area contributed by atoms with Gasteiger partial charge in [-0.2, -0.15) is 0 Å². The second-order valence-electron chi connectivity index (χ2n) is 7.37. The molecule has 3 aromatic rings. The molecule has 0 fully saturated rings. The summed E-state index contributed by atoms with van der Waals surface area (Å²) in [4.78, 5) is 12.9. The molecule has 0 aliphatic rings. The number of carbonyl (C=O) groups is 1. The zero-order chi connectivity index (χ0) is 24.9. The zero-order valence-corrected chi connectivity index (χ0v) is 21.2. The Morgan fingerprint density at radius 2 is 1.68 bits per heavy atom. The van der Waals surface area contributed by atoms with Crippen LogP contribution in [0, 0.1) is 6.92 Å². The van der Waals surface area contributed by atoms with Gasteiger partial charge in [-0.15, -0.1) is 0 Å². The molecule has 0 aliphatic carbocycles. The Hall–Kier alpha value is -2.94. The molecule has 0 atom stereocenters. The molecule has 0 unspecified atom stereocenters. The predicted molar refractivity (Wildman–Crippen MR) is 134 cm³/mol. The van der Waals surface area contributed by atoms with E-state index in [9.17, 15) is 13.2 Å². The van der Waals surface area contributed by atoms with Gasteiger partial charge < -0.3 is 14.8 Å². The summed E-state index contributed by atoms with van der Waals surface area (Å²) in [5, 5.41) is 3.59. The van der Waals surface area contributed by atoms with Crippen molar-refractivity contribution < 1.29 is 22.7 Å². The highest BCUT2D eigenvalue weighted by Crippen LogP contribution is 2.35. The van der Waals surface area contributed by atoms with E-state index in [1.165, 1.54) is 32.4 Å². The van der Waals surface area contributed by atoms with E-state index in [1.54, 1.807) is 42.5 Å². The third-order valence-electron chi connectivity index (χ3n) is 5.04. The summed E-state index contributed by atoms with van der Waals surface area (Å²) in [6.07, 6.45) is 0. The number of nitrogens with one attached hydrogen (secondary N) is 1. The maximum Gasteiger partial charge on any atom is 0.264 e. The molecular weight excluding hydrogens is 499 g/mol. The van der Waals surface area contributed by atoms with Crippen LogP contribution in [-0.4, -0.2) is 35.1 Å². The second kappa shape index (κ2) is 11.0. The molecule has 0 saturated heterocycles. The summed E-state index contributed by atoms with van der Waals surface area (Å²) in [5.41, 5.74) is 1.75. The number of sulfonamides is 1. The molecule has 0 saturated carbocycles. The minimum absolute atomic E-state index is 0.0458. The fraction of sp³-hybridized carbons (Fsp3) is 0.208. The molecule has 180 valence electrons. The van der Waals surface area contributed by atoms with Crippen LogP contribution >= 0.6 is 23.2 Å². The van der Waals surface area contributed by atoms with Crippen LogP contribution in [0.25, 0.3) is 0 Å². The monoisotopic (exact) mass is 522 g/mol. The van der Waals surface area contributed by atoms with Crippen LogP contribution in [0.15, 0.2) is 65.6 Å². The van der Waals surface area contributed by atoms with Crippen molar-refractivity contribution in [3.8, 4) is 11.5 Å². The van der Waals surface area contributed by atoms with E-state index in [-0.39, 0.29) is 22.9 Å².